The molecule has 0 saturated carbocycles. The fraction of sp³-hybridized carbons (Fsp3) is 0.378. The van der Waals surface area contributed by atoms with E-state index in [1.165, 1.54) is 55.5 Å². The van der Waals surface area contributed by atoms with E-state index >= 15 is 4.79 Å². The van der Waals surface area contributed by atoms with Gasteiger partial charge in [0, 0.05) is 84.5 Å². The molecule has 2 aliphatic carbocycles. The zero-order valence-corrected chi connectivity index (χ0v) is 53.5. The van der Waals surface area contributed by atoms with Gasteiger partial charge in [0.05, 0.1) is 43.2 Å². The molecule has 10 rings (SSSR count). The van der Waals surface area contributed by atoms with Gasteiger partial charge in [0.25, 0.3) is 11.1 Å². The summed E-state index contributed by atoms with van der Waals surface area (Å²) in [4.78, 5) is 66.7. The number of carbonyl (C=O) groups excluding carboxylic acids is 2. The molecule has 2 amide bonds. The molecule has 2 aliphatic rings. The van der Waals surface area contributed by atoms with Gasteiger partial charge in [-0.05, 0) is 164 Å². The minimum Gasteiger partial charge on any atom is -0.336 e. The first kappa shape index (κ1) is 40.7. The maximum absolute atomic E-state index is 15.2. The van der Waals surface area contributed by atoms with Gasteiger partial charge in [0.2, 0.25) is 11.8 Å². The Morgan fingerprint density at radius 1 is 0.594 bits per heavy atom. The fourth-order valence-corrected chi connectivity index (χ4v) is 11.2. The van der Waals surface area contributed by atoms with Crippen LogP contribution in [0.3, 0.4) is 0 Å². The van der Waals surface area contributed by atoms with Gasteiger partial charge < -0.3 is 28.7 Å². The third-order valence-electron chi connectivity index (χ3n) is 14.4. The summed E-state index contributed by atoms with van der Waals surface area (Å²) >= 11 is 1.04. The molecule has 2 unspecified atom stereocenters. The molecular formula is C74H80F8N8O4S2. The van der Waals surface area contributed by atoms with Crippen LogP contribution in [-0.4, -0.2) is 103 Å². The van der Waals surface area contributed by atoms with Gasteiger partial charge in [-0.2, -0.15) is 36.3 Å². The minimum atomic E-state index is -5.44. The lowest BCUT2D eigenvalue weighted by molar-refractivity contribution is -0.138. The van der Waals surface area contributed by atoms with Crippen molar-refractivity contribution in [2.75, 3.05) is 52.2 Å². The summed E-state index contributed by atoms with van der Waals surface area (Å²) in [6.07, 6.45) is -16.0. The van der Waals surface area contributed by atoms with Crippen molar-refractivity contribution >= 4 is 35.3 Å². The number of carbonyl (C=O) groups is 2. The molecule has 2 heterocycles. The number of likely N-dealkylation sites (N-methyl/N-ethyl adjacent to an activating group) is 2. The van der Waals surface area contributed by atoms with Crippen molar-refractivity contribution in [3.8, 4) is 22.3 Å². The molecule has 96 heavy (non-hydrogen) atoms. The van der Waals surface area contributed by atoms with Crippen molar-refractivity contribution in [1.29, 1.82) is 0 Å². The zero-order chi connectivity index (χ0) is 97.3. The first-order valence-electron chi connectivity index (χ1n) is 45.0. The molecule has 2 atom stereocenters. The molecule has 508 valence electrons. The minimum absolute atomic E-state index is 0.0976. The summed E-state index contributed by atoms with van der Waals surface area (Å²) in [5.41, 5.74) is -10.2. The molecule has 0 N–H and O–H groups in total. The van der Waals surface area contributed by atoms with Gasteiger partial charge in [-0.1, -0.05) is 155 Å². The summed E-state index contributed by atoms with van der Waals surface area (Å²) in [5, 5.41) is -1.28. The lowest BCUT2D eigenvalue weighted by Crippen LogP contribution is -2.42. The number of aromatic nitrogens is 4. The smallest absolute Gasteiger partial charge is 0.336 e. The van der Waals surface area contributed by atoms with E-state index in [4.69, 9.17) is 34.3 Å². The molecule has 2 aromatic heterocycles. The average molecular weight is 1390 g/mol. The number of thioether (sulfide) groups is 2. The van der Waals surface area contributed by atoms with E-state index in [9.17, 15) is 59.1 Å². The van der Waals surface area contributed by atoms with Gasteiger partial charge in [0.1, 0.15) is 24.6 Å². The van der Waals surface area contributed by atoms with Crippen LogP contribution in [0.5, 0.6) is 0 Å². The number of nitrogens with zero attached hydrogens (tertiary/aromatic N) is 8. The molecule has 0 radical (unpaired) electrons. The number of benzene rings is 6. The monoisotopic (exact) mass is 1390 g/mol. The Hall–Kier alpha value is -7.92. The molecule has 8 aromatic rings. The Morgan fingerprint density at radius 3 is 1.66 bits per heavy atom. The highest BCUT2D eigenvalue weighted by Gasteiger charge is 2.33. The second-order valence-corrected chi connectivity index (χ2v) is 22.5. The molecule has 0 saturated heterocycles. The van der Waals surface area contributed by atoms with E-state index in [-0.39, 0.29) is 61.2 Å². The Morgan fingerprint density at radius 2 is 1.09 bits per heavy atom. The van der Waals surface area contributed by atoms with Crippen LogP contribution < -0.4 is 11.1 Å². The van der Waals surface area contributed by atoms with Crippen LogP contribution in [-0.2, 0) is 78.5 Å². The summed E-state index contributed by atoms with van der Waals surface area (Å²) < 4.78 is 387. The lowest BCUT2D eigenvalue weighted by atomic mass is 9.99. The number of hydrogen-bond acceptors (Lipinski definition) is 10. The Kier molecular flexibility index (Phi) is 13.9. The van der Waals surface area contributed by atoms with Crippen LogP contribution >= 0.6 is 23.5 Å². The number of rotatable bonds is 26. The maximum atomic E-state index is 15.2. The van der Waals surface area contributed by atoms with Crippen molar-refractivity contribution in [2.24, 2.45) is 5.89 Å². The number of fused-ring (bicyclic) bond motifs is 2. The molecule has 6 aromatic carbocycles. The third kappa shape index (κ3) is 18.8. The SMILES string of the molecule is [2H]c1c([2H])c(C(F)(F)F)c([2H])c([2H])c1-c1c([2H])c([2H])c(C([2H])([2H])N(CCN(C([2H])([2H])C)C([2H])([2H])C)C(=O)C([2H])([2H])n2c(SCc3ccc(F)cc3)nc(=O)c3c2C([2H])([2H])C([2H])(C)C3([2H])[2H])c([2H])c1[2H].[2H]c1c([2H])c(CSc2nc(=O)c3c(n2C([2H])([2H])C(=O)N(CCN(C([2H])([2H])C)C([2H])([2H])C)C([2H])(C)c2ccc(-c4ccc(C(F)(F)F)cc4)cc2)CCC3)c([2H])c([2H])c1F. The predicted octanol–water partition coefficient (Wildman–Crippen LogP) is 15.2. The van der Waals surface area contributed by atoms with E-state index in [1.807, 2.05) is 0 Å². The van der Waals surface area contributed by atoms with E-state index in [1.54, 1.807) is 0 Å². The highest BCUT2D eigenvalue weighted by Crippen LogP contribution is 2.35. The summed E-state index contributed by atoms with van der Waals surface area (Å²) in [7, 11) is 0. The summed E-state index contributed by atoms with van der Waals surface area (Å²) in [6.45, 7) is -18.7. The van der Waals surface area contributed by atoms with Crippen molar-refractivity contribution in [3.63, 3.8) is 0 Å². The first-order valence-corrected chi connectivity index (χ1v) is 31.0. The van der Waals surface area contributed by atoms with Gasteiger partial charge in [-0.25, -0.2) is 8.78 Å². The normalized spacial score (nSPS) is 22.0. The van der Waals surface area contributed by atoms with Gasteiger partial charge in [-0.15, -0.1) is 0 Å². The van der Waals surface area contributed by atoms with Gasteiger partial charge in [-0.3, -0.25) is 19.2 Å². The van der Waals surface area contributed by atoms with Crippen molar-refractivity contribution in [1.82, 2.24) is 38.7 Å². The number of hydrogen-bond donors (Lipinski definition) is 0. The number of halogens is 8. The molecule has 0 bridgehead atoms. The van der Waals surface area contributed by atoms with Crippen LogP contribution in [0, 0.1) is 17.5 Å². The maximum Gasteiger partial charge on any atom is 0.416 e. The molecular weight excluding hydrogens is 1280 g/mol. The summed E-state index contributed by atoms with van der Waals surface area (Å²) in [6, 6.07) is -2.82. The Bertz CT molecular complexity index is 5680. The molecule has 0 spiro atoms. The number of amides is 2. The second-order valence-electron chi connectivity index (χ2n) is 20.6. The molecule has 22 heteroatoms. The zero-order valence-electron chi connectivity index (χ0n) is 83.8. The van der Waals surface area contributed by atoms with Gasteiger partial charge >= 0.3 is 12.4 Å². The molecule has 0 aliphatic heterocycles. The topological polar surface area (TPSA) is 117 Å². The fourth-order valence-electron chi connectivity index (χ4n) is 9.46. The van der Waals surface area contributed by atoms with Crippen LogP contribution in [0.1, 0.15) is 154 Å². The van der Waals surface area contributed by atoms with Crippen LogP contribution in [0.2, 0.25) is 0 Å². The van der Waals surface area contributed by atoms with E-state index in [2.05, 4.69) is 9.97 Å². The highest BCUT2D eigenvalue weighted by molar-refractivity contribution is 7.98. The summed E-state index contributed by atoms with van der Waals surface area (Å²) in [5.74, 6) is -9.38. The van der Waals surface area contributed by atoms with Crippen molar-refractivity contribution in [3.05, 3.63) is 234 Å². The van der Waals surface area contributed by atoms with Crippen LogP contribution in [0.15, 0.2) is 165 Å². The molecule has 0 fully saturated rings. The van der Waals surface area contributed by atoms with Crippen LogP contribution in [0.4, 0.5) is 35.1 Å². The quantitative estimate of drug-likeness (QED) is 0.0295. The third-order valence-corrected chi connectivity index (χ3v) is 16.4. The standard InChI is InChI=1S/2C37H40F4N4O2S/c1-4-43(5-2)18-19-44(22-26-6-10-28(11-7-26)29-12-14-30(15-13-29)37(39,40)41)34(46)23-45-33-21-25(3)20-32(33)35(47)42-36(45)48-24-27-8-16-31(38)17-9-27;1-4-43(5-2)21-22-44(25(3)27-11-13-28(14-12-27)29-15-17-30(18-16-29)37(39,40)41)34(46)23-45-33-8-6-7-32(33)35(47)42-36(45)48-24-26-9-19-31(38)20-10-26/h6-17,25H,4-5,18-24H2,1-3H3;9-20,25H,4-8,21-24H2,1-3H3/i4D2,5D2,6D,7D,10D,11D,12D,13D,14D,15D,20D2,21D2,22D2,23D2,25D;4D2,5D2,9D,10D,19D,20D,23D2,25D. The van der Waals surface area contributed by atoms with Crippen molar-refractivity contribution < 1.29 is 88.6 Å². The predicted molar refractivity (Wildman–Crippen MR) is 362 cm³/mol. The number of alkyl halides is 6. The van der Waals surface area contributed by atoms with Crippen molar-refractivity contribution in [2.45, 2.75) is 133 Å². The average Bonchev–Trinajstić information content (AvgIpc) is 1.51. The van der Waals surface area contributed by atoms with E-state index < -0.39 is 266 Å². The highest BCUT2D eigenvalue weighted by atomic mass is 32.2. The van der Waals surface area contributed by atoms with E-state index in [0.29, 0.717) is 46.0 Å². The Balaban J connectivity index is 0.000000292. The Labute approximate surface area is 608 Å². The van der Waals surface area contributed by atoms with Crippen LogP contribution in [0.25, 0.3) is 22.3 Å². The first-order chi connectivity index (χ1) is 58.1. The molecule has 12 nitrogen and oxygen atoms in total. The lowest BCUT2D eigenvalue weighted by Gasteiger charge is -2.33. The largest absolute Gasteiger partial charge is 0.416 e. The van der Waals surface area contributed by atoms with Gasteiger partial charge in [0.15, 0.2) is 10.3 Å². The second kappa shape index (κ2) is 32.9. The van der Waals surface area contributed by atoms with E-state index in [0.717, 1.165) is 73.3 Å².